The molecule has 1 aliphatic rings. The van der Waals surface area contributed by atoms with Crippen LogP contribution in [0.5, 0.6) is 0 Å². The van der Waals surface area contributed by atoms with Gasteiger partial charge in [0.05, 0.1) is 18.8 Å². The van der Waals surface area contributed by atoms with E-state index in [0.717, 1.165) is 0 Å². The first-order valence-electron chi connectivity index (χ1n) is 6.65. The van der Waals surface area contributed by atoms with Crippen molar-refractivity contribution in [2.45, 2.75) is 49.7 Å². The van der Waals surface area contributed by atoms with Gasteiger partial charge in [0.2, 0.25) is 0 Å². The number of aliphatic hydroxyl groups excluding tert-OH is 2. The van der Waals surface area contributed by atoms with E-state index in [2.05, 4.69) is 0 Å². The second kappa shape index (κ2) is 7.92. The number of ketones is 1. The summed E-state index contributed by atoms with van der Waals surface area (Å²) in [7, 11) is 1.39. The molecule has 0 spiro atoms. The number of aliphatic hydroxyl groups is 2. The molecule has 22 heavy (non-hydrogen) atoms. The molecular formula is C12H22N2O8. The Balaban J connectivity index is 2.73. The third kappa shape index (κ3) is 4.20. The van der Waals surface area contributed by atoms with Crippen molar-refractivity contribution >= 4 is 11.8 Å². The van der Waals surface area contributed by atoms with Crippen LogP contribution in [-0.4, -0.2) is 83.6 Å². The number of carboxylic acids is 1. The second-order valence-electron chi connectivity index (χ2n) is 5.09. The van der Waals surface area contributed by atoms with Gasteiger partial charge in [-0.2, -0.15) is 0 Å². The van der Waals surface area contributed by atoms with E-state index in [1.165, 1.54) is 14.0 Å². The van der Waals surface area contributed by atoms with Gasteiger partial charge < -0.3 is 41.0 Å². The fourth-order valence-electron chi connectivity index (χ4n) is 2.03. The number of methoxy groups -OCH3 is 1. The molecule has 1 saturated heterocycles. The Hall–Kier alpha value is -1.14. The van der Waals surface area contributed by atoms with E-state index in [1.807, 2.05) is 0 Å². The number of carbonyl (C=O) groups is 2. The molecule has 1 rings (SSSR count). The Bertz CT molecular complexity index is 407. The topological polar surface area (TPSA) is 175 Å². The number of carboxylic acid groups (broad SMARTS) is 1. The molecule has 0 saturated carbocycles. The van der Waals surface area contributed by atoms with Crippen molar-refractivity contribution in [2.75, 3.05) is 13.7 Å². The molecule has 0 aliphatic carbocycles. The number of aliphatic carboxylic acids is 1. The van der Waals surface area contributed by atoms with Gasteiger partial charge in [-0.1, -0.05) is 0 Å². The maximum absolute atomic E-state index is 11.3. The molecule has 0 aromatic heterocycles. The average molecular weight is 322 g/mol. The molecule has 128 valence electrons. The average Bonchev–Trinajstić information content (AvgIpc) is 2.48. The van der Waals surface area contributed by atoms with Crippen LogP contribution in [0.15, 0.2) is 0 Å². The van der Waals surface area contributed by atoms with E-state index in [0.29, 0.717) is 0 Å². The minimum absolute atomic E-state index is 0.0146. The standard InChI is InChI=1S/C12H22N2O8/c1-4(6(13)10(17)11(18)19)21-12-7(14)9(16)8(15)5(22-12)3-20-2/h4-9,12,15-16H,3,13-14H2,1-2H3,(H,18,19)/t4-,5?,6+,7?,8?,9?,12?/m1/s1. The first-order chi connectivity index (χ1) is 10.2. The zero-order valence-corrected chi connectivity index (χ0v) is 12.3. The first-order valence-corrected chi connectivity index (χ1v) is 6.65. The highest BCUT2D eigenvalue weighted by atomic mass is 16.7. The predicted octanol–water partition coefficient (Wildman–Crippen LogP) is -3.21. The molecule has 5 unspecified atom stereocenters. The van der Waals surface area contributed by atoms with Gasteiger partial charge in [0.25, 0.3) is 5.78 Å². The number of hydrogen-bond donors (Lipinski definition) is 5. The van der Waals surface area contributed by atoms with Crippen LogP contribution in [0.4, 0.5) is 0 Å². The molecule has 0 aromatic carbocycles. The summed E-state index contributed by atoms with van der Waals surface area (Å²) in [5, 5.41) is 28.3. The van der Waals surface area contributed by atoms with Crippen molar-refractivity contribution in [1.82, 2.24) is 0 Å². The van der Waals surface area contributed by atoms with E-state index in [9.17, 15) is 19.8 Å². The molecule has 0 radical (unpaired) electrons. The molecule has 1 heterocycles. The summed E-state index contributed by atoms with van der Waals surface area (Å²) in [5.74, 6) is -2.89. The summed E-state index contributed by atoms with van der Waals surface area (Å²) in [6.45, 7) is 1.36. The lowest BCUT2D eigenvalue weighted by atomic mass is 9.97. The molecule has 1 fully saturated rings. The van der Waals surface area contributed by atoms with Gasteiger partial charge in [0.1, 0.15) is 24.4 Å². The summed E-state index contributed by atoms with van der Waals surface area (Å²) in [6, 6.07) is -2.52. The van der Waals surface area contributed by atoms with Crippen molar-refractivity contribution in [1.29, 1.82) is 0 Å². The number of hydrogen-bond acceptors (Lipinski definition) is 9. The molecule has 0 bridgehead atoms. The fraction of sp³-hybridized carbons (Fsp3) is 0.833. The minimum atomic E-state index is -1.68. The molecule has 10 heteroatoms. The number of rotatable bonds is 7. The normalized spacial score (nSPS) is 34.9. The number of carbonyl (C=O) groups excluding carboxylic acids is 1. The monoisotopic (exact) mass is 322 g/mol. The lowest BCUT2D eigenvalue weighted by Crippen LogP contribution is -2.63. The maximum atomic E-state index is 11.3. The van der Waals surface area contributed by atoms with Gasteiger partial charge in [-0.25, -0.2) is 4.79 Å². The fourth-order valence-corrected chi connectivity index (χ4v) is 2.03. The summed E-state index contributed by atoms with van der Waals surface area (Å²) in [4.78, 5) is 21.9. The SMILES string of the molecule is COCC1OC(O[C@H](C)[C@H](N)C(=O)C(=O)O)C(N)C(O)C1O. The van der Waals surface area contributed by atoms with E-state index >= 15 is 0 Å². The predicted molar refractivity (Wildman–Crippen MR) is 71.7 cm³/mol. The first kappa shape index (κ1) is 18.9. The Morgan fingerprint density at radius 3 is 2.41 bits per heavy atom. The molecule has 7 atom stereocenters. The lowest BCUT2D eigenvalue weighted by molar-refractivity contribution is -0.278. The largest absolute Gasteiger partial charge is 0.475 e. The Kier molecular flexibility index (Phi) is 6.81. The number of Topliss-reactive ketones (excluding diaryl/α,β-unsaturated/α-hetero) is 1. The highest BCUT2D eigenvalue weighted by molar-refractivity contribution is 6.34. The number of ether oxygens (including phenoxy) is 3. The van der Waals surface area contributed by atoms with Crippen molar-refractivity contribution in [3.05, 3.63) is 0 Å². The quantitative estimate of drug-likeness (QED) is 0.300. The van der Waals surface area contributed by atoms with Gasteiger partial charge in [0.15, 0.2) is 6.29 Å². The van der Waals surface area contributed by atoms with Crippen LogP contribution in [0.2, 0.25) is 0 Å². The third-order valence-electron chi connectivity index (χ3n) is 3.45. The van der Waals surface area contributed by atoms with Crippen molar-refractivity contribution in [2.24, 2.45) is 11.5 Å². The summed E-state index contributed by atoms with van der Waals surface area (Å²) < 4.78 is 15.6. The van der Waals surface area contributed by atoms with E-state index < -0.39 is 54.5 Å². The van der Waals surface area contributed by atoms with Gasteiger partial charge in [-0.05, 0) is 6.92 Å². The Labute approximate surface area is 126 Å². The molecule has 0 amide bonds. The zero-order chi connectivity index (χ0) is 17.0. The molecular weight excluding hydrogens is 300 g/mol. The van der Waals surface area contributed by atoms with Crippen LogP contribution in [-0.2, 0) is 23.8 Å². The van der Waals surface area contributed by atoms with Crippen molar-refractivity contribution in [3.8, 4) is 0 Å². The van der Waals surface area contributed by atoms with Crippen molar-refractivity contribution < 1.29 is 39.1 Å². The van der Waals surface area contributed by atoms with Crippen LogP contribution in [0.1, 0.15) is 6.92 Å². The van der Waals surface area contributed by atoms with E-state index in [1.54, 1.807) is 0 Å². The van der Waals surface area contributed by atoms with Gasteiger partial charge in [0, 0.05) is 7.11 Å². The Morgan fingerprint density at radius 1 is 1.32 bits per heavy atom. The van der Waals surface area contributed by atoms with E-state index in [-0.39, 0.29) is 6.61 Å². The maximum Gasteiger partial charge on any atom is 0.373 e. The summed E-state index contributed by atoms with van der Waals surface area (Å²) in [6.07, 6.45) is -5.69. The molecule has 10 nitrogen and oxygen atoms in total. The van der Waals surface area contributed by atoms with Gasteiger partial charge in [-0.3, -0.25) is 4.79 Å². The molecule has 1 aliphatic heterocycles. The van der Waals surface area contributed by atoms with Crippen LogP contribution < -0.4 is 11.5 Å². The molecule has 7 N–H and O–H groups in total. The highest BCUT2D eigenvalue weighted by Crippen LogP contribution is 2.22. The third-order valence-corrected chi connectivity index (χ3v) is 3.45. The highest BCUT2D eigenvalue weighted by Gasteiger charge is 2.44. The van der Waals surface area contributed by atoms with E-state index in [4.69, 9.17) is 30.8 Å². The number of nitrogens with two attached hydrogens (primary N) is 2. The lowest BCUT2D eigenvalue weighted by Gasteiger charge is -2.41. The summed E-state index contributed by atoms with van der Waals surface area (Å²) >= 11 is 0. The van der Waals surface area contributed by atoms with Gasteiger partial charge in [-0.15, -0.1) is 0 Å². The van der Waals surface area contributed by atoms with Crippen LogP contribution in [0.25, 0.3) is 0 Å². The minimum Gasteiger partial charge on any atom is -0.475 e. The molecule has 0 aromatic rings. The summed E-state index contributed by atoms with van der Waals surface area (Å²) in [5.41, 5.74) is 11.2. The zero-order valence-electron chi connectivity index (χ0n) is 12.3. The van der Waals surface area contributed by atoms with Gasteiger partial charge >= 0.3 is 5.97 Å². The second-order valence-corrected chi connectivity index (χ2v) is 5.09. The van der Waals surface area contributed by atoms with Crippen LogP contribution in [0.3, 0.4) is 0 Å². The van der Waals surface area contributed by atoms with Crippen LogP contribution >= 0.6 is 0 Å². The Morgan fingerprint density at radius 2 is 1.91 bits per heavy atom. The van der Waals surface area contributed by atoms with Crippen LogP contribution in [0, 0.1) is 0 Å². The smallest absolute Gasteiger partial charge is 0.373 e. The van der Waals surface area contributed by atoms with Crippen molar-refractivity contribution in [3.63, 3.8) is 0 Å².